The van der Waals surface area contributed by atoms with Gasteiger partial charge in [-0.3, -0.25) is 14.5 Å². The number of rotatable bonds is 7. The SMILES string of the molecule is COc1ccc(CCN2C(=O)CC(C(=O)Nc3ccc(C)c(Cl)c3)SC2=Nc2cccc(C(F)(F)F)c2)cc1. The Balaban J connectivity index is 1.59. The standard InChI is InChI=1S/C28H25ClF3N3O3S/c1-17-6-9-21(15-23(17)29)33-26(37)24-16-25(36)35(13-12-18-7-10-22(38-2)11-8-18)27(39-24)34-20-5-3-4-19(14-20)28(30,31)32/h3-11,14-15,24H,12-13,16H2,1-2H3,(H,33,37). The molecule has 0 aliphatic carbocycles. The number of benzene rings is 3. The zero-order valence-corrected chi connectivity index (χ0v) is 22.7. The van der Waals surface area contributed by atoms with Crippen molar-refractivity contribution >= 4 is 51.7 Å². The molecule has 1 fully saturated rings. The van der Waals surface area contributed by atoms with E-state index in [0.29, 0.717) is 22.9 Å². The van der Waals surface area contributed by atoms with Crippen molar-refractivity contribution < 1.29 is 27.5 Å². The Hall–Kier alpha value is -3.50. The number of hydrogen-bond acceptors (Lipinski definition) is 5. The number of nitrogens with zero attached hydrogens (tertiary/aromatic N) is 2. The van der Waals surface area contributed by atoms with Crippen LogP contribution >= 0.6 is 23.4 Å². The summed E-state index contributed by atoms with van der Waals surface area (Å²) in [6.45, 7) is 2.07. The van der Waals surface area contributed by atoms with E-state index in [0.717, 1.165) is 35.0 Å². The van der Waals surface area contributed by atoms with Crippen molar-refractivity contribution in [1.82, 2.24) is 4.90 Å². The molecule has 2 amide bonds. The summed E-state index contributed by atoms with van der Waals surface area (Å²) in [5, 5.41) is 2.57. The third kappa shape index (κ3) is 7.33. The lowest BCUT2D eigenvalue weighted by atomic mass is 10.1. The summed E-state index contributed by atoms with van der Waals surface area (Å²) in [7, 11) is 1.56. The van der Waals surface area contributed by atoms with Gasteiger partial charge < -0.3 is 10.1 Å². The molecular formula is C28H25ClF3N3O3S. The number of carbonyl (C=O) groups is 2. The number of nitrogens with one attached hydrogen (secondary N) is 1. The van der Waals surface area contributed by atoms with Crippen molar-refractivity contribution in [2.45, 2.75) is 31.2 Å². The van der Waals surface area contributed by atoms with Crippen LogP contribution in [0.25, 0.3) is 0 Å². The number of alkyl halides is 3. The van der Waals surface area contributed by atoms with Gasteiger partial charge >= 0.3 is 6.18 Å². The fourth-order valence-corrected chi connectivity index (χ4v) is 5.16. The number of carbonyl (C=O) groups excluding carboxylic acids is 2. The minimum Gasteiger partial charge on any atom is -0.497 e. The van der Waals surface area contributed by atoms with E-state index < -0.39 is 22.9 Å². The number of ether oxygens (including phenoxy) is 1. The summed E-state index contributed by atoms with van der Waals surface area (Å²) < 4.78 is 45.0. The predicted molar refractivity (Wildman–Crippen MR) is 148 cm³/mol. The van der Waals surface area contributed by atoms with Gasteiger partial charge in [-0.05, 0) is 66.9 Å². The molecule has 39 heavy (non-hydrogen) atoms. The van der Waals surface area contributed by atoms with Crippen LogP contribution in [-0.2, 0) is 22.2 Å². The van der Waals surface area contributed by atoms with Crippen LogP contribution in [0.1, 0.15) is 23.1 Å². The molecule has 0 spiro atoms. The van der Waals surface area contributed by atoms with Crippen LogP contribution in [0, 0.1) is 6.92 Å². The highest BCUT2D eigenvalue weighted by molar-refractivity contribution is 8.15. The third-order valence-corrected chi connectivity index (χ3v) is 7.65. The molecule has 3 aromatic carbocycles. The van der Waals surface area contributed by atoms with Crippen molar-refractivity contribution in [3.8, 4) is 5.75 Å². The molecule has 0 saturated carbocycles. The summed E-state index contributed by atoms with van der Waals surface area (Å²) in [6.07, 6.45) is -4.17. The molecule has 1 aliphatic rings. The maximum absolute atomic E-state index is 13.3. The fraction of sp³-hybridized carbons (Fsp3) is 0.250. The van der Waals surface area contributed by atoms with Gasteiger partial charge in [-0.1, -0.05) is 47.6 Å². The smallest absolute Gasteiger partial charge is 0.416 e. The van der Waals surface area contributed by atoms with E-state index in [1.807, 2.05) is 19.1 Å². The summed E-state index contributed by atoms with van der Waals surface area (Å²) in [5.74, 6) is -0.0891. The average molecular weight is 576 g/mol. The Morgan fingerprint density at radius 1 is 1.15 bits per heavy atom. The van der Waals surface area contributed by atoms with E-state index in [1.54, 1.807) is 37.4 Å². The summed E-state index contributed by atoms with van der Waals surface area (Å²) in [4.78, 5) is 32.1. The predicted octanol–water partition coefficient (Wildman–Crippen LogP) is 6.88. The Morgan fingerprint density at radius 3 is 2.56 bits per heavy atom. The van der Waals surface area contributed by atoms with Gasteiger partial charge in [0.25, 0.3) is 0 Å². The van der Waals surface area contributed by atoms with Gasteiger partial charge in [0, 0.05) is 23.7 Å². The van der Waals surface area contributed by atoms with Crippen molar-refractivity contribution in [3.63, 3.8) is 0 Å². The van der Waals surface area contributed by atoms with Crippen molar-refractivity contribution in [3.05, 3.63) is 88.4 Å². The van der Waals surface area contributed by atoms with Gasteiger partial charge in [-0.15, -0.1) is 0 Å². The summed E-state index contributed by atoms with van der Waals surface area (Å²) in [6, 6.07) is 17.0. The largest absolute Gasteiger partial charge is 0.497 e. The van der Waals surface area contributed by atoms with Crippen LogP contribution in [0.2, 0.25) is 5.02 Å². The van der Waals surface area contributed by atoms with Gasteiger partial charge in [0.15, 0.2) is 5.17 Å². The van der Waals surface area contributed by atoms with Crippen LogP contribution in [0.15, 0.2) is 71.7 Å². The lowest BCUT2D eigenvalue weighted by Gasteiger charge is -2.32. The highest BCUT2D eigenvalue weighted by atomic mass is 35.5. The minimum absolute atomic E-state index is 0.0287. The van der Waals surface area contributed by atoms with Crippen molar-refractivity contribution in [2.24, 2.45) is 4.99 Å². The quantitative estimate of drug-likeness (QED) is 0.333. The molecule has 1 saturated heterocycles. The van der Waals surface area contributed by atoms with Gasteiger partial charge in [0.05, 0.1) is 18.4 Å². The molecular weight excluding hydrogens is 551 g/mol. The second kappa shape index (κ2) is 12.1. The van der Waals surface area contributed by atoms with E-state index in [2.05, 4.69) is 10.3 Å². The zero-order valence-electron chi connectivity index (χ0n) is 21.1. The second-order valence-electron chi connectivity index (χ2n) is 8.85. The van der Waals surface area contributed by atoms with E-state index >= 15 is 0 Å². The third-order valence-electron chi connectivity index (χ3n) is 6.05. The Bertz CT molecular complexity index is 1400. The Labute approximate surface area is 233 Å². The topological polar surface area (TPSA) is 71.0 Å². The van der Waals surface area contributed by atoms with Crippen LogP contribution in [0.5, 0.6) is 5.75 Å². The first kappa shape index (κ1) is 28.5. The number of thioether (sulfide) groups is 1. The average Bonchev–Trinajstić information content (AvgIpc) is 2.90. The van der Waals surface area contributed by atoms with Gasteiger partial charge in [0.1, 0.15) is 11.0 Å². The Kier molecular flexibility index (Phi) is 8.87. The first-order valence-corrected chi connectivity index (χ1v) is 13.2. The monoisotopic (exact) mass is 575 g/mol. The lowest BCUT2D eigenvalue weighted by Crippen LogP contribution is -2.46. The number of aryl methyl sites for hydroxylation is 1. The molecule has 11 heteroatoms. The fourth-order valence-electron chi connectivity index (χ4n) is 3.85. The summed E-state index contributed by atoms with van der Waals surface area (Å²) >= 11 is 7.20. The number of halogens is 4. The molecule has 1 heterocycles. The molecule has 4 rings (SSSR count). The first-order valence-electron chi connectivity index (χ1n) is 12.0. The number of amidine groups is 1. The maximum Gasteiger partial charge on any atom is 0.416 e. The molecule has 1 unspecified atom stereocenters. The van der Waals surface area contributed by atoms with E-state index in [4.69, 9.17) is 16.3 Å². The van der Waals surface area contributed by atoms with E-state index in [-0.39, 0.29) is 29.7 Å². The molecule has 0 radical (unpaired) electrons. The second-order valence-corrected chi connectivity index (χ2v) is 10.4. The van der Waals surface area contributed by atoms with Crippen LogP contribution in [-0.4, -0.2) is 40.8 Å². The normalized spacial score (nSPS) is 16.9. The van der Waals surface area contributed by atoms with Gasteiger partial charge in [-0.25, -0.2) is 4.99 Å². The van der Waals surface area contributed by atoms with Crippen LogP contribution in [0.4, 0.5) is 24.5 Å². The number of amides is 2. The number of hydrogen-bond donors (Lipinski definition) is 1. The van der Waals surface area contributed by atoms with Crippen LogP contribution < -0.4 is 10.1 Å². The lowest BCUT2D eigenvalue weighted by molar-refractivity contribution is -0.137. The van der Waals surface area contributed by atoms with Crippen molar-refractivity contribution in [2.75, 3.05) is 19.0 Å². The zero-order chi connectivity index (χ0) is 28.2. The molecule has 204 valence electrons. The number of methoxy groups -OCH3 is 1. The Morgan fingerprint density at radius 2 is 1.90 bits per heavy atom. The highest BCUT2D eigenvalue weighted by Gasteiger charge is 2.36. The van der Waals surface area contributed by atoms with Gasteiger partial charge in [-0.2, -0.15) is 13.2 Å². The molecule has 0 aromatic heterocycles. The summed E-state index contributed by atoms with van der Waals surface area (Å²) in [5.41, 5.74) is 1.43. The van der Waals surface area contributed by atoms with E-state index in [1.165, 1.54) is 17.0 Å². The highest BCUT2D eigenvalue weighted by Crippen LogP contribution is 2.34. The van der Waals surface area contributed by atoms with Crippen molar-refractivity contribution in [1.29, 1.82) is 0 Å². The molecule has 1 atom stereocenters. The maximum atomic E-state index is 13.3. The van der Waals surface area contributed by atoms with E-state index in [9.17, 15) is 22.8 Å². The molecule has 1 N–H and O–H groups in total. The number of anilines is 1. The molecule has 6 nitrogen and oxygen atoms in total. The first-order chi connectivity index (χ1) is 18.5. The van der Waals surface area contributed by atoms with Gasteiger partial charge in [0.2, 0.25) is 11.8 Å². The molecule has 0 bridgehead atoms. The molecule has 1 aliphatic heterocycles. The van der Waals surface area contributed by atoms with Crippen LogP contribution in [0.3, 0.4) is 0 Å². The minimum atomic E-state index is -4.54. The number of aliphatic imine (C=N–C) groups is 1. The molecule has 3 aromatic rings.